The second kappa shape index (κ2) is 9.05. The van der Waals surface area contributed by atoms with Gasteiger partial charge in [-0.15, -0.1) is 0 Å². The quantitative estimate of drug-likeness (QED) is 0.168. The Morgan fingerprint density at radius 2 is 1.70 bits per heavy atom. The highest BCUT2D eigenvalue weighted by atomic mass is 32.2. The molecule has 1 aliphatic heterocycles. The molecule has 2 bridgehead atoms. The van der Waals surface area contributed by atoms with Crippen molar-refractivity contribution < 1.29 is 37.0 Å². The summed E-state index contributed by atoms with van der Waals surface area (Å²) in [4.78, 5) is 38.4. The molecule has 0 amide bonds. The first-order valence-electron chi connectivity index (χ1n) is 12.9. The number of carbonyl (C=O) groups is 2. The van der Waals surface area contributed by atoms with Crippen LogP contribution in [0.1, 0.15) is 18.4 Å². The van der Waals surface area contributed by atoms with Gasteiger partial charge in [-0.2, -0.15) is 13.2 Å². The van der Waals surface area contributed by atoms with Gasteiger partial charge in [0.2, 0.25) is 5.43 Å². The molecule has 0 spiro atoms. The number of esters is 2. The predicted molar refractivity (Wildman–Crippen MR) is 142 cm³/mol. The molecule has 3 aromatic carbocycles. The standard InChI is InChI=1S/C30H22F3O6S/c31-30(32,33)16-5-10-24-22(13-16)26(35)19-3-1-2-4-23(19)40(24)18-8-6-17(7-9-18)37-14-25(34)38-27-15-11-20-21(12-15)29(36)39-28(20)27/h1-10,13,15,20-21,27-28H,11-12,14H2/q+1. The van der Waals surface area contributed by atoms with Crippen LogP contribution in [0.3, 0.4) is 0 Å². The zero-order valence-electron chi connectivity index (χ0n) is 20.9. The van der Waals surface area contributed by atoms with Crippen LogP contribution in [0.5, 0.6) is 5.75 Å². The van der Waals surface area contributed by atoms with Crippen LogP contribution in [0, 0.1) is 17.8 Å². The maximum Gasteiger partial charge on any atom is 0.416 e. The van der Waals surface area contributed by atoms with E-state index in [1.807, 2.05) is 6.07 Å². The number of ether oxygens (including phenoxy) is 3. The van der Waals surface area contributed by atoms with Crippen LogP contribution < -0.4 is 10.2 Å². The van der Waals surface area contributed by atoms with Crippen LogP contribution in [-0.2, 0) is 25.2 Å². The zero-order valence-corrected chi connectivity index (χ0v) is 21.7. The Labute approximate surface area is 228 Å². The fourth-order valence-corrected chi connectivity index (χ4v) is 8.80. The molecule has 4 aromatic rings. The zero-order chi connectivity index (χ0) is 27.8. The molecule has 0 radical (unpaired) electrons. The van der Waals surface area contributed by atoms with Crippen LogP contribution in [0.2, 0.25) is 0 Å². The summed E-state index contributed by atoms with van der Waals surface area (Å²) >= 11 is 0. The number of alkyl halides is 3. The summed E-state index contributed by atoms with van der Waals surface area (Å²) in [6, 6.07) is 17.2. The second-order valence-corrected chi connectivity index (χ2v) is 12.4. The van der Waals surface area contributed by atoms with E-state index in [1.165, 1.54) is 6.07 Å². The first-order chi connectivity index (χ1) is 19.2. The third-order valence-electron chi connectivity index (χ3n) is 8.22. The van der Waals surface area contributed by atoms with Gasteiger partial charge in [0.25, 0.3) is 0 Å². The summed E-state index contributed by atoms with van der Waals surface area (Å²) in [5, 5.41) is 0.417. The van der Waals surface area contributed by atoms with Gasteiger partial charge in [0.15, 0.2) is 20.9 Å². The van der Waals surface area contributed by atoms with Gasteiger partial charge in [-0.05, 0) is 55.3 Å². The normalized spacial score (nSPS) is 25.4. The molecule has 6 atom stereocenters. The monoisotopic (exact) mass is 567 g/mol. The van der Waals surface area contributed by atoms with Crippen molar-refractivity contribution in [2.24, 2.45) is 17.8 Å². The lowest BCUT2D eigenvalue weighted by molar-refractivity contribution is -0.163. The van der Waals surface area contributed by atoms with E-state index >= 15 is 0 Å². The minimum absolute atomic E-state index is 0.0415. The number of carbonyl (C=O) groups excluding carboxylic acids is 2. The Morgan fingerprint density at radius 1 is 0.950 bits per heavy atom. The Kier molecular flexibility index (Phi) is 5.68. The highest BCUT2D eigenvalue weighted by Crippen LogP contribution is 2.55. The van der Waals surface area contributed by atoms with Gasteiger partial charge >= 0.3 is 18.1 Å². The molecule has 10 heteroatoms. The largest absolute Gasteiger partial charge is 0.482 e. The molecule has 2 heterocycles. The highest BCUT2D eigenvalue weighted by Gasteiger charge is 2.63. The lowest BCUT2D eigenvalue weighted by Crippen LogP contribution is -2.37. The van der Waals surface area contributed by atoms with E-state index in [0.29, 0.717) is 22.3 Å². The van der Waals surface area contributed by atoms with Gasteiger partial charge < -0.3 is 14.2 Å². The van der Waals surface area contributed by atoms with E-state index in [4.69, 9.17) is 14.2 Å². The minimum Gasteiger partial charge on any atom is -0.482 e. The van der Waals surface area contributed by atoms with Gasteiger partial charge in [-0.1, -0.05) is 12.1 Å². The third kappa shape index (κ3) is 3.96. The SMILES string of the molecule is O=C(COc1ccc(-[s+]2c3ccccc3c(=O)c3cc(C(F)(F)F)ccc32)cc1)OC1C2CC3C(=O)OC1C3C2. The Balaban J connectivity index is 1.13. The molecule has 2 aliphatic carbocycles. The molecule has 204 valence electrons. The summed E-state index contributed by atoms with van der Waals surface area (Å²) in [5.41, 5.74) is -1.30. The Hall–Kier alpha value is -3.92. The number of fused-ring (bicyclic) bond motifs is 3. The van der Waals surface area contributed by atoms with E-state index in [1.54, 1.807) is 42.5 Å². The topological polar surface area (TPSA) is 78.9 Å². The molecule has 6 unspecified atom stereocenters. The number of rotatable bonds is 5. The van der Waals surface area contributed by atoms with E-state index < -0.39 is 39.7 Å². The van der Waals surface area contributed by atoms with Crippen molar-refractivity contribution >= 4 is 42.6 Å². The van der Waals surface area contributed by atoms with Crippen molar-refractivity contribution in [2.75, 3.05) is 6.61 Å². The van der Waals surface area contributed by atoms with Gasteiger partial charge in [0.05, 0.1) is 22.3 Å². The van der Waals surface area contributed by atoms with Crippen LogP contribution in [0.15, 0.2) is 71.5 Å². The first-order valence-corrected chi connectivity index (χ1v) is 14.1. The predicted octanol–water partition coefficient (Wildman–Crippen LogP) is 5.98. The number of halogens is 3. The van der Waals surface area contributed by atoms with E-state index in [0.717, 1.165) is 28.1 Å². The smallest absolute Gasteiger partial charge is 0.416 e. The van der Waals surface area contributed by atoms with E-state index in [9.17, 15) is 27.6 Å². The van der Waals surface area contributed by atoms with E-state index in [2.05, 4.69) is 0 Å². The fraction of sp³-hybridized carbons (Fsp3) is 0.300. The number of hydrogen-bond donors (Lipinski definition) is 0. The van der Waals surface area contributed by atoms with Crippen LogP contribution in [-0.4, -0.2) is 30.8 Å². The third-order valence-corrected chi connectivity index (χ3v) is 10.6. The molecular formula is C30H22F3O6S+. The fourth-order valence-electron chi connectivity index (χ4n) is 6.48. The molecule has 7 rings (SSSR count). The van der Waals surface area contributed by atoms with Crippen molar-refractivity contribution in [3.05, 3.63) is 82.5 Å². The van der Waals surface area contributed by atoms with Crippen LogP contribution in [0.25, 0.3) is 25.1 Å². The van der Waals surface area contributed by atoms with Gasteiger partial charge in [0.1, 0.15) is 18.0 Å². The van der Waals surface area contributed by atoms with Crippen molar-refractivity contribution in [1.29, 1.82) is 0 Å². The molecule has 0 N–H and O–H groups in total. The Bertz CT molecular complexity index is 1750. The summed E-state index contributed by atoms with van der Waals surface area (Å²) in [5.74, 6) is -0.114. The second-order valence-electron chi connectivity index (χ2n) is 10.5. The number of benzene rings is 3. The van der Waals surface area contributed by atoms with E-state index in [-0.39, 0.29) is 41.8 Å². The van der Waals surface area contributed by atoms with Gasteiger partial charge in [0, 0.05) is 34.4 Å². The maximum atomic E-state index is 13.4. The molecule has 6 nitrogen and oxygen atoms in total. The summed E-state index contributed by atoms with van der Waals surface area (Å²) in [6.45, 7) is -0.316. The summed E-state index contributed by atoms with van der Waals surface area (Å²) in [6.07, 6.45) is -3.83. The van der Waals surface area contributed by atoms with Crippen molar-refractivity contribution in [3.8, 4) is 10.6 Å². The summed E-state index contributed by atoms with van der Waals surface area (Å²) in [7, 11) is -0.820. The molecule has 40 heavy (non-hydrogen) atoms. The molecule has 3 aliphatic rings. The van der Waals surface area contributed by atoms with Gasteiger partial charge in [-0.3, -0.25) is 9.59 Å². The van der Waals surface area contributed by atoms with Crippen molar-refractivity contribution in [3.63, 3.8) is 0 Å². The molecular weight excluding hydrogens is 545 g/mol. The van der Waals surface area contributed by atoms with Gasteiger partial charge in [-0.25, -0.2) is 4.79 Å². The maximum absolute atomic E-state index is 13.4. The van der Waals surface area contributed by atoms with Crippen molar-refractivity contribution in [2.45, 2.75) is 31.2 Å². The van der Waals surface area contributed by atoms with Crippen LogP contribution >= 0.6 is 10.5 Å². The first kappa shape index (κ1) is 25.1. The average Bonchev–Trinajstić information content (AvgIpc) is 3.58. The lowest BCUT2D eigenvalue weighted by atomic mass is 9.88. The lowest BCUT2D eigenvalue weighted by Gasteiger charge is -2.25. The molecule has 1 saturated heterocycles. The highest BCUT2D eigenvalue weighted by molar-refractivity contribution is 7.49. The summed E-state index contributed by atoms with van der Waals surface area (Å²) < 4.78 is 58.2. The minimum atomic E-state index is -4.56. The molecule has 3 fully saturated rings. The average molecular weight is 568 g/mol. The number of hydrogen-bond acceptors (Lipinski definition) is 6. The molecule has 1 aromatic heterocycles. The van der Waals surface area contributed by atoms with Crippen LogP contribution in [0.4, 0.5) is 13.2 Å². The van der Waals surface area contributed by atoms with Crippen molar-refractivity contribution in [1.82, 2.24) is 0 Å². The Morgan fingerprint density at radius 3 is 2.48 bits per heavy atom. The molecule has 2 saturated carbocycles.